The Morgan fingerprint density at radius 1 is 1.07 bits per heavy atom. The van der Waals surface area contributed by atoms with Crippen LogP contribution in [0.5, 0.6) is 11.5 Å². The fraction of sp³-hybridized carbons (Fsp3) is 0.458. The van der Waals surface area contributed by atoms with E-state index in [1.165, 1.54) is 29.5 Å². The van der Waals surface area contributed by atoms with Crippen molar-refractivity contribution in [2.24, 2.45) is 5.92 Å². The first kappa shape index (κ1) is 18.5. The van der Waals surface area contributed by atoms with E-state index in [0.29, 0.717) is 13.2 Å². The minimum Gasteiger partial charge on any atom is -0.494 e. The second-order valence-electron chi connectivity index (χ2n) is 8.36. The molecule has 5 heteroatoms. The lowest BCUT2D eigenvalue weighted by Crippen LogP contribution is -2.37. The molecule has 1 unspecified atom stereocenters. The third kappa shape index (κ3) is 4.25. The topological polar surface area (TPSA) is 50.8 Å². The molecule has 1 amide bonds. The minimum atomic E-state index is -0.0923. The third-order valence-corrected chi connectivity index (χ3v) is 6.09. The maximum atomic E-state index is 12.0. The minimum absolute atomic E-state index is 0.0515. The number of fused-ring (bicyclic) bond motifs is 8. The normalized spacial score (nSPS) is 22.5. The van der Waals surface area contributed by atoms with Crippen LogP contribution in [0.25, 0.3) is 0 Å². The van der Waals surface area contributed by atoms with E-state index in [1.54, 1.807) is 0 Å². The maximum Gasteiger partial charge on any atom is 0.257 e. The van der Waals surface area contributed by atoms with Crippen LogP contribution in [0.2, 0.25) is 0 Å². The second-order valence-corrected chi connectivity index (χ2v) is 8.36. The molecule has 3 aliphatic heterocycles. The quantitative estimate of drug-likeness (QED) is 0.852. The van der Waals surface area contributed by atoms with E-state index in [4.69, 9.17) is 9.47 Å². The average Bonchev–Trinajstić information content (AvgIpc) is 3.55. The maximum absolute atomic E-state index is 12.0. The fourth-order valence-electron chi connectivity index (χ4n) is 4.43. The van der Waals surface area contributed by atoms with Gasteiger partial charge in [-0.15, -0.1) is 0 Å². The van der Waals surface area contributed by atoms with Crippen molar-refractivity contribution in [1.82, 2.24) is 10.2 Å². The zero-order chi connectivity index (χ0) is 19.6. The van der Waals surface area contributed by atoms with Crippen LogP contribution in [0.15, 0.2) is 42.5 Å². The Hall–Kier alpha value is -2.53. The van der Waals surface area contributed by atoms with Gasteiger partial charge in [-0.2, -0.15) is 0 Å². The highest BCUT2D eigenvalue weighted by Crippen LogP contribution is 2.40. The fourth-order valence-corrected chi connectivity index (χ4v) is 4.43. The van der Waals surface area contributed by atoms with Gasteiger partial charge in [-0.25, -0.2) is 0 Å². The Labute approximate surface area is 172 Å². The number of nitrogens with zero attached hydrogens (tertiary/aromatic N) is 1. The Kier molecular flexibility index (Phi) is 5.15. The van der Waals surface area contributed by atoms with Gasteiger partial charge in [-0.1, -0.05) is 18.2 Å². The number of hydrogen-bond acceptors (Lipinski definition) is 4. The molecule has 1 aliphatic carbocycles. The van der Waals surface area contributed by atoms with Gasteiger partial charge in [0.05, 0.1) is 12.6 Å². The highest BCUT2D eigenvalue weighted by molar-refractivity contribution is 5.77. The zero-order valence-corrected chi connectivity index (χ0v) is 16.7. The van der Waals surface area contributed by atoms with Gasteiger partial charge in [0.15, 0.2) is 6.61 Å². The molecule has 0 saturated heterocycles. The number of rotatable bonds is 2. The van der Waals surface area contributed by atoms with Crippen molar-refractivity contribution in [2.45, 2.75) is 31.7 Å². The van der Waals surface area contributed by atoms with Gasteiger partial charge < -0.3 is 14.8 Å². The molecular formula is C24H28N2O3. The van der Waals surface area contributed by atoms with Crippen LogP contribution in [-0.4, -0.2) is 43.7 Å². The molecule has 4 aliphatic rings. The number of amides is 1. The SMILES string of the molecule is O=C1COc2ccc3c(c2)CCN(CC2CC2)C3c2cccc(c2)OCCCN1. The summed E-state index contributed by atoms with van der Waals surface area (Å²) in [6.45, 7) is 3.43. The van der Waals surface area contributed by atoms with Crippen molar-refractivity contribution in [3.8, 4) is 11.5 Å². The van der Waals surface area contributed by atoms with Crippen LogP contribution in [0, 0.1) is 5.92 Å². The van der Waals surface area contributed by atoms with Crippen LogP contribution in [-0.2, 0) is 11.2 Å². The first-order valence-corrected chi connectivity index (χ1v) is 10.8. The van der Waals surface area contributed by atoms with Crippen LogP contribution < -0.4 is 14.8 Å². The van der Waals surface area contributed by atoms with Gasteiger partial charge in [0, 0.05) is 19.6 Å². The lowest BCUT2D eigenvalue weighted by molar-refractivity contribution is -0.123. The molecule has 6 bridgehead atoms. The van der Waals surface area contributed by atoms with E-state index in [2.05, 4.69) is 40.5 Å². The summed E-state index contributed by atoms with van der Waals surface area (Å²) in [5, 5.41) is 2.89. The van der Waals surface area contributed by atoms with Crippen LogP contribution in [0.4, 0.5) is 0 Å². The summed E-state index contributed by atoms with van der Waals surface area (Å²) in [6.07, 6.45) is 4.49. The van der Waals surface area contributed by atoms with Crippen molar-refractivity contribution in [2.75, 3.05) is 32.8 Å². The van der Waals surface area contributed by atoms with Gasteiger partial charge in [0.25, 0.3) is 5.91 Å². The van der Waals surface area contributed by atoms with Gasteiger partial charge in [0.1, 0.15) is 11.5 Å². The summed E-state index contributed by atoms with van der Waals surface area (Å²) in [5.74, 6) is 2.43. The van der Waals surface area contributed by atoms with E-state index in [9.17, 15) is 4.79 Å². The Bertz CT molecular complexity index is 893. The first-order valence-electron chi connectivity index (χ1n) is 10.8. The molecule has 6 rings (SSSR count). The van der Waals surface area contributed by atoms with Crippen molar-refractivity contribution in [3.05, 3.63) is 59.2 Å². The molecule has 0 spiro atoms. The summed E-state index contributed by atoms with van der Waals surface area (Å²) in [4.78, 5) is 14.6. The summed E-state index contributed by atoms with van der Waals surface area (Å²) in [6, 6.07) is 15.1. The molecule has 0 radical (unpaired) electrons. The number of nitrogens with one attached hydrogen (secondary N) is 1. The molecule has 1 saturated carbocycles. The van der Waals surface area contributed by atoms with Crippen molar-refractivity contribution >= 4 is 5.91 Å². The van der Waals surface area contributed by atoms with Crippen LogP contribution >= 0.6 is 0 Å². The Balaban J connectivity index is 1.53. The molecule has 1 fully saturated rings. The second kappa shape index (κ2) is 8.07. The number of hydrogen-bond donors (Lipinski definition) is 1. The highest BCUT2D eigenvalue weighted by atomic mass is 16.5. The predicted octanol–water partition coefficient (Wildman–Crippen LogP) is 3.32. The summed E-state index contributed by atoms with van der Waals surface area (Å²) in [5.41, 5.74) is 3.95. The summed E-state index contributed by atoms with van der Waals surface area (Å²) >= 11 is 0. The van der Waals surface area contributed by atoms with E-state index >= 15 is 0 Å². The van der Waals surface area contributed by atoms with E-state index in [-0.39, 0.29) is 18.6 Å². The highest BCUT2D eigenvalue weighted by Gasteiger charge is 2.33. The van der Waals surface area contributed by atoms with Gasteiger partial charge in [-0.3, -0.25) is 9.69 Å². The lowest BCUT2D eigenvalue weighted by Gasteiger charge is -2.38. The molecule has 1 N–H and O–H groups in total. The van der Waals surface area contributed by atoms with Crippen LogP contribution in [0.1, 0.15) is 42.0 Å². The van der Waals surface area contributed by atoms with Crippen molar-refractivity contribution < 1.29 is 14.3 Å². The smallest absolute Gasteiger partial charge is 0.257 e. The van der Waals surface area contributed by atoms with Gasteiger partial charge in [-0.05, 0) is 72.6 Å². The third-order valence-electron chi connectivity index (χ3n) is 6.09. The van der Waals surface area contributed by atoms with Crippen LogP contribution in [0.3, 0.4) is 0 Å². The molecule has 5 nitrogen and oxygen atoms in total. The molecule has 152 valence electrons. The first-order chi connectivity index (χ1) is 14.3. The van der Waals surface area contributed by atoms with E-state index < -0.39 is 0 Å². The van der Waals surface area contributed by atoms with Crippen molar-refractivity contribution in [1.29, 1.82) is 0 Å². The number of benzene rings is 2. The number of carbonyl (C=O) groups is 1. The molecule has 2 aromatic carbocycles. The van der Waals surface area contributed by atoms with Gasteiger partial charge in [0.2, 0.25) is 0 Å². The van der Waals surface area contributed by atoms with Crippen molar-refractivity contribution in [3.63, 3.8) is 0 Å². The molecule has 1 atom stereocenters. The summed E-state index contributed by atoms with van der Waals surface area (Å²) in [7, 11) is 0. The lowest BCUT2D eigenvalue weighted by atomic mass is 9.87. The summed E-state index contributed by atoms with van der Waals surface area (Å²) < 4.78 is 11.7. The molecule has 0 aromatic heterocycles. The largest absolute Gasteiger partial charge is 0.494 e. The zero-order valence-electron chi connectivity index (χ0n) is 16.7. The monoisotopic (exact) mass is 392 g/mol. The Morgan fingerprint density at radius 3 is 2.86 bits per heavy atom. The van der Waals surface area contributed by atoms with E-state index in [1.807, 2.05) is 12.1 Å². The van der Waals surface area contributed by atoms with Gasteiger partial charge >= 0.3 is 0 Å². The van der Waals surface area contributed by atoms with E-state index in [0.717, 1.165) is 43.3 Å². The molecular weight excluding hydrogens is 364 g/mol. The molecule has 2 aromatic rings. The molecule has 29 heavy (non-hydrogen) atoms. The number of carbonyl (C=O) groups excluding carboxylic acids is 1. The Morgan fingerprint density at radius 2 is 1.97 bits per heavy atom. The number of ether oxygens (including phenoxy) is 2. The average molecular weight is 392 g/mol. The predicted molar refractivity (Wildman–Crippen MR) is 111 cm³/mol. The standard InChI is InChI=1S/C24H28N2O3/c27-23-16-29-21-7-8-22-18(13-21)9-11-26(15-17-5-6-17)24(22)19-3-1-4-20(14-19)28-12-2-10-25-23/h1,3-4,7-8,13-14,17,24H,2,5-6,9-12,15-16H2,(H,25,27). The molecule has 3 heterocycles.